The number of carbonyl (C=O) groups is 2. The van der Waals surface area contributed by atoms with Crippen LogP contribution in [0.4, 0.5) is 0 Å². The van der Waals surface area contributed by atoms with Gasteiger partial charge in [0.2, 0.25) is 0 Å². The molecule has 1 aromatic rings. The molecule has 4 fully saturated rings. The van der Waals surface area contributed by atoms with Crippen LogP contribution in [0.3, 0.4) is 0 Å². The molecule has 0 heterocycles. The van der Waals surface area contributed by atoms with Crippen LogP contribution in [0.2, 0.25) is 0 Å². The Balaban J connectivity index is 1.31. The molecule has 0 radical (unpaired) electrons. The van der Waals surface area contributed by atoms with Gasteiger partial charge in [0.25, 0.3) is 0 Å². The highest BCUT2D eigenvalue weighted by molar-refractivity contribution is 5.87. The van der Waals surface area contributed by atoms with Gasteiger partial charge >= 0.3 is 11.9 Å². The van der Waals surface area contributed by atoms with Crippen LogP contribution in [0.15, 0.2) is 42.0 Å². The molecule has 0 saturated heterocycles. The molecule has 3 unspecified atom stereocenters. The van der Waals surface area contributed by atoms with E-state index in [1.54, 1.807) is 30.3 Å². The second-order valence-corrected chi connectivity index (χ2v) is 17.2. The Morgan fingerprint density at radius 2 is 1.61 bits per heavy atom. The van der Waals surface area contributed by atoms with Gasteiger partial charge in [-0.05, 0) is 116 Å². The molecule has 0 bridgehead atoms. The van der Waals surface area contributed by atoms with Crippen LogP contribution >= 0.6 is 0 Å². The molecule has 5 aliphatic rings. The number of hydrogen-bond donors (Lipinski definition) is 4. The number of phenols is 1. The Morgan fingerprint density at radius 1 is 0.935 bits per heavy atom. The number of aliphatic hydroxyl groups excluding tert-OH is 1. The Labute approximate surface area is 274 Å². The van der Waals surface area contributed by atoms with Crippen molar-refractivity contribution in [1.82, 2.24) is 0 Å². The van der Waals surface area contributed by atoms with Gasteiger partial charge in [-0.15, -0.1) is 0 Å². The monoisotopic (exact) mass is 634 g/mol. The molecule has 7 heteroatoms. The topological polar surface area (TPSA) is 124 Å². The Morgan fingerprint density at radius 3 is 2.26 bits per heavy atom. The van der Waals surface area contributed by atoms with Gasteiger partial charge in [-0.25, -0.2) is 4.79 Å². The molecule has 1 aromatic carbocycles. The van der Waals surface area contributed by atoms with Crippen molar-refractivity contribution in [3.8, 4) is 5.75 Å². The minimum absolute atomic E-state index is 0.0110. The first-order valence-corrected chi connectivity index (χ1v) is 17.4. The lowest BCUT2D eigenvalue weighted by Crippen LogP contribution is -2.69. The average Bonchev–Trinajstić information content (AvgIpc) is 2.97. The van der Waals surface area contributed by atoms with E-state index in [-0.39, 0.29) is 39.7 Å². The fourth-order valence-corrected chi connectivity index (χ4v) is 12.1. The summed E-state index contributed by atoms with van der Waals surface area (Å²) < 4.78 is 6.03. The maximum Gasteiger partial charge on any atom is 0.331 e. The van der Waals surface area contributed by atoms with Crippen molar-refractivity contribution in [3.05, 3.63) is 47.6 Å². The summed E-state index contributed by atoms with van der Waals surface area (Å²) in [5.74, 6) is -1.07. The molecule has 0 aliphatic heterocycles. The van der Waals surface area contributed by atoms with E-state index in [1.165, 1.54) is 6.08 Å². The normalized spacial score (nSPS) is 46.2. The first-order chi connectivity index (χ1) is 21.3. The number of carbonyl (C=O) groups excluding carboxylic acids is 1. The zero-order chi connectivity index (χ0) is 33.7. The summed E-state index contributed by atoms with van der Waals surface area (Å²) in [5, 5.41) is 44.0. The molecule has 252 valence electrons. The summed E-state index contributed by atoms with van der Waals surface area (Å²) in [6.07, 6.45) is 9.72. The van der Waals surface area contributed by atoms with Crippen LogP contribution in [0.25, 0.3) is 6.08 Å². The van der Waals surface area contributed by atoms with Gasteiger partial charge in [-0.2, -0.15) is 0 Å². The number of carboxylic acid groups (broad SMARTS) is 1. The van der Waals surface area contributed by atoms with Crippen molar-refractivity contribution < 1.29 is 34.8 Å². The van der Waals surface area contributed by atoms with E-state index in [9.17, 15) is 30.0 Å². The summed E-state index contributed by atoms with van der Waals surface area (Å²) in [5.41, 5.74) is -1.25. The number of rotatable bonds is 4. The van der Waals surface area contributed by atoms with E-state index in [0.717, 1.165) is 36.8 Å². The lowest BCUT2D eigenvalue weighted by molar-refractivity contribution is -0.242. The molecule has 0 aromatic heterocycles. The molecule has 7 nitrogen and oxygen atoms in total. The second kappa shape index (κ2) is 10.7. The van der Waals surface area contributed by atoms with E-state index in [0.29, 0.717) is 25.7 Å². The van der Waals surface area contributed by atoms with Gasteiger partial charge in [0.1, 0.15) is 11.9 Å². The largest absolute Gasteiger partial charge is 0.508 e. The van der Waals surface area contributed by atoms with E-state index in [1.807, 2.05) is 6.92 Å². The van der Waals surface area contributed by atoms with Crippen LogP contribution in [0.5, 0.6) is 5.75 Å². The average molecular weight is 635 g/mol. The molecule has 11 atom stereocenters. The number of aliphatic hydroxyl groups is 2. The fourth-order valence-electron chi connectivity index (χ4n) is 12.1. The third kappa shape index (κ3) is 4.50. The zero-order valence-electron chi connectivity index (χ0n) is 28.7. The van der Waals surface area contributed by atoms with Crippen LogP contribution in [-0.4, -0.2) is 50.2 Å². The van der Waals surface area contributed by atoms with Crippen LogP contribution in [0, 0.1) is 50.7 Å². The molecular weight excluding hydrogens is 580 g/mol. The van der Waals surface area contributed by atoms with Crippen LogP contribution in [-0.2, 0) is 14.3 Å². The van der Waals surface area contributed by atoms with Crippen LogP contribution in [0.1, 0.15) is 105 Å². The highest BCUT2D eigenvalue weighted by Gasteiger charge is 2.72. The van der Waals surface area contributed by atoms with Crippen molar-refractivity contribution >= 4 is 18.0 Å². The lowest BCUT2D eigenvalue weighted by Gasteiger charge is -2.72. The van der Waals surface area contributed by atoms with Gasteiger partial charge in [-0.1, -0.05) is 65.3 Å². The first kappa shape index (κ1) is 33.3. The van der Waals surface area contributed by atoms with Gasteiger partial charge in [0.15, 0.2) is 0 Å². The van der Waals surface area contributed by atoms with Gasteiger partial charge in [0, 0.05) is 17.4 Å². The van der Waals surface area contributed by atoms with Crippen molar-refractivity contribution in [2.24, 2.45) is 50.7 Å². The predicted octanol–water partition coefficient (Wildman–Crippen LogP) is 7.15. The standard InChI is InChI=1S/C39H54O7/c1-23-16-19-39(33(43)44)21-20-36(5)26(31(39)38(23,7)45)13-14-29-35(4)22-27(41)32(34(2,3)28(35)17-18-37(29,36)6)46-30(42)15-10-24-8-11-25(40)12-9-24/h8-13,15,23,27-29,31-32,40-41,45H,14,16-22H2,1-7H3,(H,43,44)/b15-10-/t23-,27-,28?,29?,31?,32+,35+,36-,37-,38-,39+/m1/s1. The Bertz CT molecular complexity index is 1460. The minimum atomic E-state index is -1.11. The molecule has 4 saturated carbocycles. The summed E-state index contributed by atoms with van der Waals surface area (Å²) in [6.45, 7) is 15.3. The molecule has 4 N–H and O–H groups in total. The molecule has 0 amide bonds. The first-order valence-electron chi connectivity index (χ1n) is 17.4. The second-order valence-electron chi connectivity index (χ2n) is 17.2. The number of carboxylic acids is 1. The number of hydrogen-bond acceptors (Lipinski definition) is 6. The van der Waals surface area contributed by atoms with Crippen molar-refractivity contribution in [2.45, 2.75) is 118 Å². The van der Waals surface area contributed by atoms with Crippen molar-refractivity contribution in [1.29, 1.82) is 0 Å². The third-order valence-corrected chi connectivity index (χ3v) is 14.9. The molecule has 46 heavy (non-hydrogen) atoms. The fraction of sp³-hybridized carbons (Fsp3) is 0.692. The maximum absolute atomic E-state index is 13.0. The molecule has 0 spiro atoms. The zero-order valence-corrected chi connectivity index (χ0v) is 28.7. The van der Waals surface area contributed by atoms with Crippen LogP contribution < -0.4 is 0 Å². The smallest absolute Gasteiger partial charge is 0.331 e. The number of aromatic hydroxyl groups is 1. The van der Waals surface area contributed by atoms with Gasteiger partial charge in [-0.3, -0.25) is 4.79 Å². The summed E-state index contributed by atoms with van der Waals surface area (Å²) >= 11 is 0. The number of esters is 1. The highest BCUT2D eigenvalue weighted by atomic mass is 16.6. The quantitative estimate of drug-likeness (QED) is 0.158. The Kier molecular flexibility index (Phi) is 7.73. The van der Waals surface area contributed by atoms with Crippen molar-refractivity contribution in [3.63, 3.8) is 0 Å². The maximum atomic E-state index is 13.0. The summed E-state index contributed by atoms with van der Waals surface area (Å²) in [4.78, 5) is 26.0. The predicted molar refractivity (Wildman–Crippen MR) is 176 cm³/mol. The van der Waals surface area contributed by atoms with E-state index in [4.69, 9.17) is 4.74 Å². The lowest BCUT2D eigenvalue weighted by atomic mass is 9.33. The number of ether oxygens (including phenoxy) is 1. The summed E-state index contributed by atoms with van der Waals surface area (Å²) in [6, 6.07) is 6.57. The van der Waals surface area contributed by atoms with Gasteiger partial charge in [0.05, 0.1) is 17.1 Å². The number of fused-ring (bicyclic) bond motifs is 7. The number of aliphatic carboxylic acids is 1. The van der Waals surface area contributed by atoms with E-state index >= 15 is 0 Å². The molecule has 5 aliphatic carbocycles. The van der Waals surface area contributed by atoms with Crippen molar-refractivity contribution in [2.75, 3.05) is 0 Å². The SMILES string of the molecule is C[C@@H]1CC[C@]2(C(=O)O)CC[C@]3(C)C(=CCC4[C@@]5(C)C[C@@H](O)[C@H](OC(=O)/C=C\c6ccc(O)cc6)C(C)(C)C5CC[C@]43C)C2[C@]1(C)O. The highest BCUT2D eigenvalue weighted by Crippen LogP contribution is 2.76. The van der Waals surface area contributed by atoms with E-state index in [2.05, 4.69) is 47.6 Å². The number of allylic oxidation sites excluding steroid dienone is 1. The summed E-state index contributed by atoms with van der Waals surface area (Å²) in [7, 11) is 0. The number of benzene rings is 1. The third-order valence-electron chi connectivity index (χ3n) is 14.9. The number of phenolic OH excluding ortho intramolecular Hbond substituents is 1. The molecular formula is C39H54O7. The van der Waals surface area contributed by atoms with E-state index < -0.39 is 46.5 Å². The van der Waals surface area contributed by atoms with Gasteiger partial charge < -0.3 is 25.2 Å². The minimum Gasteiger partial charge on any atom is -0.508 e. The Hall–Kier alpha value is -2.64. The molecule has 6 rings (SSSR count).